The Morgan fingerprint density at radius 1 is 1.05 bits per heavy atom. The third-order valence-corrected chi connectivity index (χ3v) is 3.30. The Kier molecular flexibility index (Phi) is 4.56. The monoisotopic (exact) mass is 271 g/mol. The number of anilines is 1. The summed E-state index contributed by atoms with van der Waals surface area (Å²) >= 11 is 0. The highest BCUT2D eigenvalue weighted by Gasteiger charge is 2.07. The quantitative estimate of drug-likeness (QED) is 0.905. The molecule has 1 aromatic carbocycles. The summed E-state index contributed by atoms with van der Waals surface area (Å²) in [5.41, 5.74) is 4.39. The molecule has 0 saturated carbocycles. The fraction of sp³-hybridized carbons (Fsp3) is 0.375. The highest BCUT2D eigenvalue weighted by atomic mass is 16.5. The molecule has 0 amide bonds. The third kappa shape index (κ3) is 3.26. The molecule has 0 aliphatic carbocycles. The molecule has 0 atom stereocenters. The van der Waals surface area contributed by atoms with Crippen LogP contribution in [-0.2, 0) is 6.61 Å². The molecular formula is C16H21N3O. The molecule has 106 valence electrons. The molecule has 1 heterocycles. The topological polar surface area (TPSA) is 47.0 Å². The predicted octanol–water partition coefficient (Wildman–Crippen LogP) is 3.41. The van der Waals surface area contributed by atoms with Gasteiger partial charge in [0, 0.05) is 6.54 Å². The average molecular weight is 271 g/mol. The van der Waals surface area contributed by atoms with Gasteiger partial charge < -0.3 is 10.1 Å². The first kappa shape index (κ1) is 14.3. The van der Waals surface area contributed by atoms with E-state index >= 15 is 0 Å². The van der Waals surface area contributed by atoms with Gasteiger partial charge in [0.2, 0.25) is 0 Å². The van der Waals surface area contributed by atoms with Gasteiger partial charge in [0.05, 0.1) is 18.1 Å². The molecule has 0 bridgehead atoms. The minimum Gasteiger partial charge on any atom is -0.487 e. The number of aromatic nitrogens is 2. The van der Waals surface area contributed by atoms with Gasteiger partial charge in [-0.25, -0.2) is 4.98 Å². The van der Waals surface area contributed by atoms with Gasteiger partial charge in [-0.3, -0.25) is 4.98 Å². The van der Waals surface area contributed by atoms with E-state index in [1.165, 1.54) is 11.1 Å². The van der Waals surface area contributed by atoms with E-state index in [1.807, 2.05) is 6.92 Å². The molecule has 1 N–H and O–H groups in total. The molecular weight excluding hydrogens is 250 g/mol. The Balaban J connectivity index is 2.07. The smallest absolute Gasteiger partial charge is 0.144 e. The molecule has 0 aliphatic heterocycles. The van der Waals surface area contributed by atoms with Crippen LogP contribution in [0.4, 0.5) is 5.82 Å². The zero-order valence-electron chi connectivity index (χ0n) is 12.5. The second kappa shape index (κ2) is 6.37. The predicted molar refractivity (Wildman–Crippen MR) is 81.2 cm³/mol. The van der Waals surface area contributed by atoms with Crippen molar-refractivity contribution < 1.29 is 4.74 Å². The number of hydrogen-bond acceptors (Lipinski definition) is 4. The largest absolute Gasteiger partial charge is 0.487 e. The maximum absolute atomic E-state index is 5.91. The maximum atomic E-state index is 5.91. The van der Waals surface area contributed by atoms with E-state index in [2.05, 4.69) is 48.2 Å². The average Bonchev–Trinajstić information content (AvgIpc) is 2.45. The zero-order chi connectivity index (χ0) is 14.5. The van der Waals surface area contributed by atoms with Gasteiger partial charge in [-0.1, -0.05) is 12.1 Å². The van der Waals surface area contributed by atoms with Crippen LogP contribution in [0.1, 0.15) is 29.3 Å². The van der Waals surface area contributed by atoms with Gasteiger partial charge >= 0.3 is 0 Å². The fourth-order valence-electron chi connectivity index (χ4n) is 2.00. The van der Waals surface area contributed by atoms with Gasteiger partial charge in [-0.05, 0) is 44.4 Å². The molecule has 4 nitrogen and oxygen atoms in total. The van der Waals surface area contributed by atoms with Gasteiger partial charge in [-0.2, -0.15) is 0 Å². The van der Waals surface area contributed by atoms with Crippen LogP contribution in [0.15, 0.2) is 24.5 Å². The number of nitrogens with zero attached hydrogens (tertiary/aromatic N) is 2. The van der Waals surface area contributed by atoms with Crippen LogP contribution in [0, 0.1) is 20.8 Å². The molecule has 2 rings (SSSR count). The number of aryl methyl sites for hydroxylation is 2. The number of nitrogens with one attached hydrogen (secondary N) is 1. The van der Waals surface area contributed by atoms with E-state index in [9.17, 15) is 0 Å². The molecule has 1 aromatic heterocycles. The van der Waals surface area contributed by atoms with Gasteiger partial charge in [0.15, 0.2) is 0 Å². The molecule has 4 heteroatoms. The van der Waals surface area contributed by atoms with Crippen molar-refractivity contribution in [3.05, 3.63) is 46.9 Å². The first-order valence-corrected chi connectivity index (χ1v) is 6.86. The number of ether oxygens (including phenoxy) is 1. The van der Waals surface area contributed by atoms with Crippen LogP contribution < -0.4 is 10.1 Å². The second-order valence-corrected chi connectivity index (χ2v) is 4.87. The van der Waals surface area contributed by atoms with E-state index in [1.54, 1.807) is 12.4 Å². The van der Waals surface area contributed by atoms with Gasteiger partial charge in [-0.15, -0.1) is 0 Å². The van der Waals surface area contributed by atoms with E-state index in [-0.39, 0.29) is 0 Å². The van der Waals surface area contributed by atoms with Crippen molar-refractivity contribution in [1.82, 2.24) is 9.97 Å². The lowest BCUT2D eigenvalue weighted by Gasteiger charge is -2.13. The first-order valence-electron chi connectivity index (χ1n) is 6.86. The summed E-state index contributed by atoms with van der Waals surface area (Å²) in [6, 6.07) is 4.19. The minimum atomic E-state index is 0.435. The molecule has 0 aliphatic rings. The van der Waals surface area contributed by atoms with Crippen molar-refractivity contribution in [3.8, 4) is 5.75 Å². The number of rotatable bonds is 5. The highest BCUT2D eigenvalue weighted by molar-refractivity contribution is 5.44. The Morgan fingerprint density at radius 3 is 2.45 bits per heavy atom. The Bertz CT molecular complexity index is 579. The summed E-state index contributed by atoms with van der Waals surface area (Å²) in [6.07, 6.45) is 3.48. The summed E-state index contributed by atoms with van der Waals surface area (Å²) in [6.45, 7) is 9.53. The van der Waals surface area contributed by atoms with E-state index < -0.39 is 0 Å². The molecule has 20 heavy (non-hydrogen) atoms. The van der Waals surface area contributed by atoms with Crippen molar-refractivity contribution in [2.45, 2.75) is 34.3 Å². The van der Waals surface area contributed by atoms with Crippen LogP contribution in [0.25, 0.3) is 0 Å². The van der Waals surface area contributed by atoms with E-state index in [4.69, 9.17) is 4.74 Å². The summed E-state index contributed by atoms with van der Waals surface area (Å²) in [5.74, 6) is 1.74. The van der Waals surface area contributed by atoms with E-state index in [0.717, 1.165) is 29.4 Å². The summed E-state index contributed by atoms with van der Waals surface area (Å²) in [5, 5.41) is 3.12. The summed E-state index contributed by atoms with van der Waals surface area (Å²) in [4.78, 5) is 8.63. The van der Waals surface area contributed by atoms with Crippen molar-refractivity contribution in [1.29, 1.82) is 0 Å². The molecule has 2 aromatic rings. The first-order chi connectivity index (χ1) is 9.61. The molecule has 0 radical (unpaired) electrons. The third-order valence-electron chi connectivity index (χ3n) is 3.30. The van der Waals surface area contributed by atoms with Crippen LogP contribution in [0.3, 0.4) is 0 Å². The second-order valence-electron chi connectivity index (χ2n) is 4.87. The minimum absolute atomic E-state index is 0.435. The van der Waals surface area contributed by atoms with Crippen molar-refractivity contribution >= 4 is 5.82 Å². The lowest BCUT2D eigenvalue weighted by atomic mass is 10.1. The lowest BCUT2D eigenvalue weighted by molar-refractivity contribution is 0.296. The Hall–Kier alpha value is -2.10. The van der Waals surface area contributed by atoms with Crippen molar-refractivity contribution in [2.75, 3.05) is 11.9 Å². The molecule has 0 fully saturated rings. The van der Waals surface area contributed by atoms with Crippen LogP contribution in [0.5, 0.6) is 5.75 Å². The molecule has 0 unspecified atom stereocenters. The zero-order valence-corrected chi connectivity index (χ0v) is 12.5. The number of benzene rings is 1. The molecule has 0 spiro atoms. The van der Waals surface area contributed by atoms with Crippen LogP contribution >= 0.6 is 0 Å². The normalized spacial score (nSPS) is 10.4. The van der Waals surface area contributed by atoms with Gasteiger partial charge in [0.1, 0.15) is 18.2 Å². The van der Waals surface area contributed by atoms with Crippen LogP contribution in [0.2, 0.25) is 0 Å². The SMILES string of the molecule is CCNc1cnc(COc2c(C)ccc(C)c2C)cn1. The van der Waals surface area contributed by atoms with Gasteiger partial charge in [0.25, 0.3) is 0 Å². The standard InChI is InChI=1S/C16H21N3O/c1-5-17-15-9-18-14(8-19-15)10-20-16-12(3)7-6-11(2)13(16)4/h6-9H,5,10H2,1-4H3,(H,17,19). The van der Waals surface area contributed by atoms with E-state index in [0.29, 0.717) is 6.61 Å². The molecule has 0 saturated heterocycles. The number of hydrogen-bond donors (Lipinski definition) is 1. The fourth-order valence-corrected chi connectivity index (χ4v) is 2.00. The van der Waals surface area contributed by atoms with Crippen LogP contribution in [-0.4, -0.2) is 16.5 Å². The van der Waals surface area contributed by atoms with Crippen molar-refractivity contribution in [3.63, 3.8) is 0 Å². The summed E-state index contributed by atoms with van der Waals surface area (Å²) in [7, 11) is 0. The Labute approximate surface area is 120 Å². The summed E-state index contributed by atoms with van der Waals surface area (Å²) < 4.78 is 5.91. The maximum Gasteiger partial charge on any atom is 0.144 e. The lowest BCUT2D eigenvalue weighted by Crippen LogP contribution is -2.04. The van der Waals surface area contributed by atoms with Crippen molar-refractivity contribution in [2.24, 2.45) is 0 Å². The highest BCUT2D eigenvalue weighted by Crippen LogP contribution is 2.26. The Morgan fingerprint density at radius 2 is 1.80 bits per heavy atom.